The van der Waals surface area contributed by atoms with Gasteiger partial charge in [-0.25, -0.2) is 0 Å². The van der Waals surface area contributed by atoms with Gasteiger partial charge in [-0.05, 0) is 33.2 Å². The van der Waals surface area contributed by atoms with Gasteiger partial charge in [0.2, 0.25) is 5.91 Å². The molecule has 1 aromatic heterocycles. The van der Waals surface area contributed by atoms with Crippen LogP contribution < -0.4 is 5.32 Å². The van der Waals surface area contributed by atoms with E-state index in [-0.39, 0.29) is 11.9 Å². The normalized spacial score (nSPS) is 17.3. The molecule has 1 aliphatic carbocycles. The summed E-state index contributed by atoms with van der Waals surface area (Å²) < 4.78 is 1.92. The lowest BCUT2D eigenvalue weighted by atomic mass is 10.2. The predicted octanol–water partition coefficient (Wildman–Crippen LogP) is 2.17. The van der Waals surface area contributed by atoms with E-state index >= 15 is 0 Å². The number of amides is 1. The van der Waals surface area contributed by atoms with Crippen LogP contribution in [0.15, 0.2) is 12.4 Å². The van der Waals surface area contributed by atoms with Crippen LogP contribution in [0.3, 0.4) is 0 Å². The first-order valence-electron chi connectivity index (χ1n) is 8.19. The third-order valence-corrected chi connectivity index (χ3v) is 4.43. The molecular formula is C16H28N4O. The third kappa shape index (κ3) is 4.30. The quantitative estimate of drug-likeness (QED) is 0.838. The summed E-state index contributed by atoms with van der Waals surface area (Å²) in [6, 6.07) is 0.294. The Morgan fingerprint density at radius 2 is 2.19 bits per heavy atom. The Bertz CT molecular complexity index is 451. The second kappa shape index (κ2) is 7.59. The second-order valence-electron chi connectivity index (χ2n) is 5.93. The maximum Gasteiger partial charge on any atom is 0.237 e. The number of carbonyl (C=O) groups excluding carboxylic acids is 1. The lowest BCUT2D eigenvalue weighted by molar-refractivity contribution is -0.126. The van der Waals surface area contributed by atoms with E-state index in [4.69, 9.17) is 0 Å². The molecule has 2 rings (SSSR count). The van der Waals surface area contributed by atoms with E-state index in [1.807, 2.05) is 17.8 Å². The zero-order valence-corrected chi connectivity index (χ0v) is 13.5. The number of rotatable bonds is 7. The molecule has 1 aromatic rings. The van der Waals surface area contributed by atoms with Crippen LogP contribution in [0, 0.1) is 0 Å². The van der Waals surface area contributed by atoms with Crippen molar-refractivity contribution in [1.82, 2.24) is 20.0 Å². The molecule has 0 aliphatic heterocycles. The van der Waals surface area contributed by atoms with Crippen molar-refractivity contribution < 1.29 is 4.79 Å². The second-order valence-corrected chi connectivity index (χ2v) is 5.93. The van der Waals surface area contributed by atoms with E-state index in [9.17, 15) is 4.79 Å². The summed E-state index contributed by atoms with van der Waals surface area (Å²) >= 11 is 0. The summed E-state index contributed by atoms with van der Waals surface area (Å²) in [6.07, 6.45) is 8.71. The molecule has 5 nitrogen and oxygen atoms in total. The molecule has 0 aromatic carbocycles. The number of nitrogens with one attached hydrogen (secondary N) is 1. The van der Waals surface area contributed by atoms with Crippen LogP contribution >= 0.6 is 0 Å². The molecule has 0 bridgehead atoms. The van der Waals surface area contributed by atoms with Crippen molar-refractivity contribution in [1.29, 1.82) is 0 Å². The Morgan fingerprint density at radius 1 is 1.48 bits per heavy atom. The fourth-order valence-corrected chi connectivity index (χ4v) is 2.98. The number of nitrogens with zero attached hydrogens (tertiary/aromatic N) is 3. The topological polar surface area (TPSA) is 50.2 Å². The van der Waals surface area contributed by atoms with Gasteiger partial charge in [0.15, 0.2) is 0 Å². The summed E-state index contributed by atoms with van der Waals surface area (Å²) in [5.41, 5.74) is 1.17. The zero-order valence-electron chi connectivity index (χ0n) is 13.5. The maximum atomic E-state index is 12.4. The smallest absolute Gasteiger partial charge is 0.237 e. The Labute approximate surface area is 127 Å². The molecule has 1 amide bonds. The number of likely N-dealkylation sites (N-methyl/N-ethyl adjacent to an activating group) is 1. The fraction of sp³-hybridized carbons (Fsp3) is 0.750. The van der Waals surface area contributed by atoms with Crippen LogP contribution in [0.2, 0.25) is 0 Å². The lowest BCUT2D eigenvalue weighted by Crippen LogP contribution is -2.47. The van der Waals surface area contributed by atoms with Gasteiger partial charge in [-0.3, -0.25) is 14.4 Å². The summed E-state index contributed by atoms with van der Waals surface area (Å²) in [7, 11) is 0. The van der Waals surface area contributed by atoms with Gasteiger partial charge >= 0.3 is 0 Å². The van der Waals surface area contributed by atoms with Crippen molar-refractivity contribution in [3.63, 3.8) is 0 Å². The number of aryl methyl sites for hydroxylation is 1. The molecule has 0 radical (unpaired) electrons. The molecule has 1 N–H and O–H groups in total. The van der Waals surface area contributed by atoms with Crippen molar-refractivity contribution in [2.45, 2.75) is 71.6 Å². The molecule has 0 unspecified atom stereocenters. The van der Waals surface area contributed by atoms with Crippen LogP contribution in [0.25, 0.3) is 0 Å². The van der Waals surface area contributed by atoms with Crippen LogP contribution in [0.5, 0.6) is 0 Å². The Kier molecular flexibility index (Phi) is 5.79. The minimum absolute atomic E-state index is 0.0967. The number of aromatic nitrogens is 2. The van der Waals surface area contributed by atoms with E-state index < -0.39 is 0 Å². The zero-order chi connectivity index (χ0) is 15.2. The Hall–Kier alpha value is -1.36. The molecule has 1 fully saturated rings. The molecule has 0 spiro atoms. The van der Waals surface area contributed by atoms with Crippen LogP contribution in [-0.2, 0) is 17.9 Å². The number of hydrogen-bond donors (Lipinski definition) is 1. The minimum atomic E-state index is -0.0967. The highest BCUT2D eigenvalue weighted by Gasteiger charge is 2.24. The van der Waals surface area contributed by atoms with Crippen LogP contribution in [0.1, 0.15) is 52.0 Å². The monoisotopic (exact) mass is 292 g/mol. The van der Waals surface area contributed by atoms with Crippen molar-refractivity contribution in [2.75, 3.05) is 6.54 Å². The van der Waals surface area contributed by atoms with E-state index in [0.717, 1.165) is 32.5 Å². The van der Waals surface area contributed by atoms with E-state index in [1.165, 1.54) is 18.4 Å². The Morgan fingerprint density at radius 3 is 2.76 bits per heavy atom. The highest BCUT2D eigenvalue weighted by atomic mass is 16.2. The summed E-state index contributed by atoms with van der Waals surface area (Å²) in [4.78, 5) is 14.6. The van der Waals surface area contributed by atoms with E-state index in [0.29, 0.717) is 6.04 Å². The molecule has 5 heteroatoms. The molecule has 21 heavy (non-hydrogen) atoms. The maximum absolute atomic E-state index is 12.4. The summed E-state index contributed by atoms with van der Waals surface area (Å²) in [5, 5.41) is 7.49. The van der Waals surface area contributed by atoms with Gasteiger partial charge < -0.3 is 5.32 Å². The molecule has 118 valence electrons. The first kappa shape index (κ1) is 16.0. The van der Waals surface area contributed by atoms with Gasteiger partial charge in [0, 0.05) is 30.9 Å². The lowest BCUT2D eigenvalue weighted by Gasteiger charge is -2.27. The van der Waals surface area contributed by atoms with E-state index in [1.54, 1.807) is 0 Å². The van der Waals surface area contributed by atoms with E-state index in [2.05, 4.69) is 35.4 Å². The summed E-state index contributed by atoms with van der Waals surface area (Å²) in [6.45, 7) is 8.68. The molecular weight excluding hydrogens is 264 g/mol. The van der Waals surface area contributed by atoms with Gasteiger partial charge in [0.1, 0.15) is 0 Å². The average molecular weight is 292 g/mol. The highest BCUT2D eigenvalue weighted by Crippen LogP contribution is 2.18. The standard InChI is InChI=1S/C16H28N4O/c1-4-19(11-14-10-17-20(5-2)12-14)13(3)16(21)18-15-8-6-7-9-15/h10,12-13,15H,4-9,11H2,1-3H3,(H,18,21)/t13-/m1/s1. The van der Waals surface area contributed by atoms with Gasteiger partial charge in [-0.15, -0.1) is 0 Å². The number of carbonyl (C=O) groups is 1. The minimum Gasteiger partial charge on any atom is -0.352 e. The predicted molar refractivity (Wildman–Crippen MR) is 83.8 cm³/mol. The van der Waals surface area contributed by atoms with Crippen LogP contribution in [0.4, 0.5) is 0 Å². The Balaban J connectivity index is 1.90. The molecule has 1 heterocycles. The average Bonchev–Trinajstić information content (AvgIpc) is 3.15. The largest absolute Gasteiger partial charge is 0.352 e. The van der Waals surface area contributed by atoms with Crippen LogP contribution in [-0.4, -0.2) is 39.2 Å². The van der Waals surface area contributed by atoms with Gasteiger partial charge in [0.25, 0.3) is 0 Å². The first-order valence-corrected chi connectivity index (χ1v) is 8.19. The van der Waals surface area contributed by atoms with Crippen molar-refractivity contribution in [2.24, 2.45) is 0 Å². The SMILES string of the molecule is CCN(Cc1cnn(CC)c1)[C@H](C)C(=O)NC1CCCC1. The fourth-order valence-electron chi connectivity index (χ4n) is 2.98. The molecule has 1 saturated carbocycles. The molecule has 1 aliphatic rings. The summed E-state index contributed by atoms with van der Waals surface area (Å²) in [5.74, 6) is 0.159. The van der Waals surface area contributed by atoms with Gasteiger partial charge in [-0.1, -0.05) is 19.8 Å². The highest BCUT2D eigenvalue weighted by molar-refractivity contribution is 5.81. The number of hydrogen-bond acceptors (Lipinski definition) is 3. The molecule has 0 saturated heterocycles. The first-order chi connectivity index (χ1) is 10.1. The molecule has 1 atom stereocenters. The van der Waals surface area contributed by atoms with Crippen molar-refractivity contribution in [3.05, 3.63) is 18.0 Å². The van der Waals surface area contributed by atoms with Gasteiger partial charge in [-0.2, -0.15) is 5.10 Å². The van der Waals surface area contributed by atoms with Crippen molar-refractivity contribution in [3.8, 4) is 0 Å². The van der Waals surface area contributed by atoms with Gasteiger partial charge in [0.05, 0.1) is 12.2 Å². The third-order valence-electron chi connectivity index (χ3n) is 4.43. The van der Waals surface area contributed by atoms with Crippen molar-refractivity contribution >= 4 is 5.91 Å².